The van der Waals surface area contributed by atoms with Gasteiger partial charge in [-0.15, -0.1) is 0 Å². The molecule has 0 bridgehead atoms. The maximum atomic E-state index is 11.9. The fourth-order valence-electron chi connectivity index (χ4n) is 2.02. The van der Waals surface area contributed by atoms with Gasteiger partial charge in [0.15, 0.2) is 5.96 Å². The minimum absolute atomic E-state index is 0.0302. The Hall–Kier alpha value is -3.76. The van der Waals surface area contributed by atoms with Crippen molar-refractivity contribution < 1.29 is 50.9 Å². The molecule has 0 unspecified atom stereocenters. The fraction of sp³-hybridized carbons (Fsp3) is 0.412. The molecule has 0 saturated carbocycles. The smallest absolute Gasteiger partial charge is 0.475 e. The fourth-order valence-corrected chi connectivity index (χ4v) is 2.02. The Morgan fingerprint density at radius 1 is 0.971 bits per heavy atom. The molecule has 0 radical (unpaired) electrons. The number of nitrogens with zero attached hydrogens (tertiary/aromatic N) is 1. The summed E-state index contributed by atoms with van der Waals surface area (Å²) in [6.45, 7) is 3.67. The first kappa shape index (κ1) is 30.2. The quantitative estimate of drug-likeness (QED) is 0.183. The molecule has 1 aliphatic rings. The van der Waals surface area contributed by atoms with Gasteiger partial charge in [0.2, 0.25) is 0 Å². The zero-order valence-electron chi connectivity index (χ0n) is 17.3. The number of hydrogen-bond donors (Lipinski definition) is 7. The van der Waals surface area contributed by atoms with Crippen LogP contribution in [0, 0.1) is 5.41 Å². The van der Waals surface area contributed by atoms with Crippen molar-refractivity contribution in [3.8, 4) is 0 Å². The number of benzene rings is 1. The summed E-state index contributed by atoms with van der Waals surface area (Å²) < 4.78 is 63.5. The number of alkyl halides is 6. The number of urea groups is 1. The van der Waals surface area contributed by atoms with Crippen LogP contribution in [0.25, 0.3) is 0 Å². The van der Waals surface area contributed by atoms with Gasteiger partial charge < -0.3 is 36.8 Å². The van der Waals surface area contributed by atoms with Gasteiger partial charge in [-0.05, 0) is 17.7 Å². The molecule has 0 atom stereocenters. The van der Waals surface area contributed by atoms with Gasteiger partial charge in [0.05, 0.1) is 0 Å². The van der Waals surface area contributed by atoms with Crippen molar-refractivity contribution in [1.82, 2.24) is 15.5 Å². The molecule has 11 nitrogen and oxygen atoms in total. The number of guanidine groups is 1. The van der Waals surface area contributed by atoms with Crippen LogP contribution in [0.3, 0.4) is 0 Å². The Kier molecular flexibility index (Phi) is 12.2. The number of nitrogens with two attached hydrogens (primary N) is 1. The van der Waals surface area contributed by atoms with Crippen LogP contribution in [0.4, 0.5) is 36.8 Å². The number of rotatable bonds is 3. The Labute approximate surface area is 188 Å². The van der Waals surface area contributed by atoms with Crippen LogP contribution in [0.15, 0.2) is 24.3 Å². The van der Waals surface area contributed by atoms with Gasteiger partial charge >= 0.3 is 30.3 Å². The Balaban J connectivity index is 0.000000642. The number of anilines is 1. The number of nitrogens with one attached hydrogen (secondary N) is 4. The lowest BCUT2D eigenvalue weighted by molar-refractivity contribution is -0.193. The maximum Gasteiger partial charge on any atom is 0.490 e. The van der Waals surface area contributed by atoms with Gasteiger partial charge in [0, 0.05) is 38.4 Å². The predicted octanol–water partition coefficient (Wildman–Crippen LogP) is 1.37. The van der Waals surface area contributed by atoms with E-state index in [9.17, 15) is 31.1 Å². The number of carbonyl (C=O) groups excluding carboxylic acids is 1. The number of aliphatic carboxylic acids is 2. The first-order valence-corrected chi connectivity index (χ1v) is 9.07. The monoisotopic (exact) mass is 504 g/mol. The second-order valence-electron chi connectivity index (χ2n) is 6.24. The van der Waals surface area contributed by atoms with Crippen LogP contribution in [-0.2, 0) is 16.1 Å². The molecule has 1 fully saturated rings. The Morgan fingerprint density at radius 2 is 1.38 bits per heavy atom. The second-order valence-corrected chi connectivity index (χ2v) is 6.24. The van der Waals surface area contributed by atoms with Crippen LogP contribution in [-0.4, -0.2) is 77.6 Å². The molecule has 1 aliphatic heterocycles. The molecule has 17 heteroatoms. The van der Waals surface area contributed by atoms with E-state index in [1.807, 2.05) is 29.2 Å². The number of piperazine rings is 1. The molecule has 2 rings (SSSR count). The molecule has 2 amide bonds. The van der Waals surface area contributed by atoms with Crippen molar-refractivity contribution in [2.24, 2.45) is 5.73 Å². The first-order chi connectivity index (χ1) is 15.5. The van der Waals surface area contributed by atoms with Gasteiger partial charge in [-0.25, -0.2) is 14.4 Å². The summed E-state index contributed by atoms with van der Waals surface area (Å²) in [6, 6.07) is 7.41. The third-order valence-electron chi connectivity index (χ3n) is 3.57. The summed E-state index contributed by atoms with van der Waals surface area (Å²) in [7, 11) is 0. The summed E-state index contributed by atoms with van der Waals surface area (Å²) in [5.41, 5.74) is 7.01. The van der Waals surface area contributed by atoms with E-state index < -0.39 is 24.3 Å². The number of amides is 2. The maximum absolute atomic E-state index is 11.9. The number of carboxylic acid groups (broad SMARTS) is 2. The molecular formula is C17H22F6N6O5. The molecular weight excluding hydrogens is 482 g/mol. The number of halogens is 6. The zero-order valence-corrected chi connectivity index (χ0v) is 17.3. The SMILES string of the molecule is N=C(N)Nc1ccc(CNC(=O)N2CCNCC2)cc1.O=C(O)C(F)(F)F.O=C(O)C(F)(F)F. The highest BCUT2D eigenvalue weighted by Gasteiger charge is 2.38. The van der Waals surface area contributed by atoms with E-state index in [2.05, 4.69) is 16.0 Å². The predicted molar refractivity (Wildman–Crippen MR) is 106 cm³/mol. The third-order valence-corrected chi connectivity index (χ3v) is 3.57. The average molecular weight is 504 g/mol. The van der Waals surface area contributed by atoms with Gasteiger partial charge in [-0.1, -0.05) is 12.1 Å². The van der Waals surface area contributed by atoms with E-state index in [1.165, 1.54) is 0 Å². The van der Waals surface area contributed by atoms with Crippen LogP contribution in [0.5, 0.6) is 0 Å². The second kappa shape index (κ2) is 13.7. The van der Waals surface area contributed by atoms with Gasteiger partial charge in [0.25, 0.3) is 0 Å². The molecule has 34 heavy (non-hydrogen) atoms. The first-order valence-electron chi connectivity index (χ1n) is 9.07. The molecule has 8 N–H and O–H groups in total. The highest BCUT2D eigenvalue weighted by Crippen LogP contribution is 2.13. The van der Waals surface area contributed by atoms with E-state index in [0.717, 1.165) is 37.4 Å². The number of carboxylic acids is 2. The van der Waals surface area contributed by atoms with E-state index in [-0.39, 0.29) is 12.0 Å². The lowest BCUT2D eigenvalue weighted by Crippen LogP contribution is -2.50. The Morgan fingerprint density at radius 3 is 1.74 bits per heavy atom. The van der Waals surface area contributed by atoms with Crippen molar-refractivity contribution >= 4 is 29.6 Å². The average Bonchev–Trinajstić information content (AvgIpc) is 2.73. The van der Waals surface area contributed by atoms with Crippen LogP contribution < -0.4 is 21.7 Å². The standard InChI is InChI=1S/C13H20N6O.2C2HF3O2/c14-12(15)18-11-3-1-10(2-4-11)9-17-13(20)19-7-5-16-6-8-19;2*3-2(4,5)1(6)7/h1-4,16H,5-9H2,(H,17,20)(H4,14,15,18);2*(H,6,7). The summed E-state index contributed by atoms with van der Waals surface area (Å²) in [5.74, 6) is -5.61. The minimum Gasteiger partial charge on any atom is -0.475 e. The molecule has 1 heterocycles. The van der Waals surface area contributed by atoms with Gasteiger partial charge in [0.1, 0.15) is 0 Å². The Bertz CT molecular complexity index is 802. The number of hydrogen-bond acceptors (Lipinski definition) is 5. The van der Waals surface area contributed by atoms with Crippen LogP contribution >= 0.6 is 0 Å². The summed E-state index contributed by atoms with van der Waals surface area (Å²) >= 11 is 0. The topological polar surface area (TPSA) is 181 Å². The molecule has 0 spiro atoms. The summed E-state index contributed by atoms with van der Waals surface area (Å²) in [4.78, 5) is 31.5. The lowest BCUT2D eigenvalue weighted by Gasteiger charge is -2.27. The molecule has 1 aromatic rings. The molecule has 0 aromatic heterocycles. The van der Waals surface area contributed by atoms with Crippen LogP contribution in [0.2, 0.25) is 0 Å². The normalized spacial score (nSPS) is 13.3. The third kappa shape index (κ3) is 13.6. The van der Waals surface area contributed by atoms with Crippen molar-refractivity contribution in [2.45, 2.75) is 18.9 Å². The molecule has 0 aliphatic carbocycles. The highest BCUT2D eigenvalue weighted by molar-refractivity contribution is 5.89. The van der Waals surface area contributed by atoms with Gasteiger partial charge in [-0.2, -0.15) is 26.3 Å². The van der Waals surface area contributed by atoms with E-state index in [0.29, 0.717) is 6.54 Å². The van der Waals surface area contributed by atoms with Crippen molar-refractivity contribution in [3.63, 3.8) is 0 Å². The lowest BCUT2D eigenvalue weighted by atomic mass is 10.2. The van der Waals surface area contributed by atoms with E-state index in [4.69, 9.17) is 30.9 Å². The van der Waals surface area contributed by atoms with Crippen molar-refractivity contribution in [3.05, 3.63) is 29.8 Å². The van der Waals surface area contributed by atoms with E-state index >= 15 is 0 Å². The molecule has 1 saturated heterocycles. The molecule has 1 aromatic carbocycles. The summed E-state index contributed by atoms with van der Waals surface area (Å²) in [6.07, 6.45) is -10.2. The largest absolute Gasteiger partial charge is 0.490 e. The van der Waals surface area contributed by atoms with Crippen molar-refractivity contribution in [2.75, 3.05) is 31.5 Å². The summed E-state index contributed by atoms with van der Waals surface area (Å²) in [5, 5.41) is 30.2. The van der Waals surface area contributed by atoms with Crippen LogP contribution in [0.1, 0.15) is 5.56 Å². The minimum atomic E-state index is -5.08. The molecule has 192 valence electrons. The highest BCUT2D eigenvalue weighted by atomic mass is 19.4. The van der Waals surface area contributed by atoms with E-state index in [1.54, 1.807) is 0 Å². The van der Waals surface area contributed by atoms with Crippen molar-refractivity contribution in [1.29, 1.82) is 5.41 Å². The number of carbonyl (C=O) groups is 3. The van der Waals surface area contributed by atoms with Gasteiger partial charge in [-0.3, -0.25) is 5.41 Å². The zero-order chi connectivity index (χ0) is 26.5.